The van der Waals surface area contributed by atoms with Crippen LogP contribution in [0.5, 0.6) is 0 Å². The molecule has 0 aliphatic heterocycles. The molecule has 0 amide bonds. The number of aliphatic hydroxyl groups excluding tert-OH is 1. The van der Waals surface area contributed by atoms with Crippen LogP contribution in [0.1, 0.15) is 13.3 Å². The van der Waals surface area contributed by atoms with E-state index in [0.29, 0.717) is 18.8 Å². The van der Waals surface area contributed by atoms with Crippen molar-refractivity contribution < 1.29 is 10.0 Å². The molecule has 0 spiro atoms. The minimum Gasteiger partial charge on any atom is -0.396 e. The van der Waals surface area contributed by atoms with Gasteiger partial charge in [0.1, 0.15) is 11.6 Å². The van der Waals surface area contributed by atoms with Crippen molar-refractivity contribution in [1.82, 2.24) is 4.98 Å². The van der Waals surface area contributed by atoms with Crippen molar-refractivity contribution in [3.63, 3.8) is 0 Å². The van der Waals surface area contributed by atoms with E-state index >= 15 is 0 Å². The zero-order valence-corrected chi connectivity index (χ0v) is 9.59. The molecule has 1 rings (SSSR count). The summed E-state index contributed by atoms with van der Waals surface area (Å²) in [5.74, 6) is 0.736. The first-order valence-electron chi connectivity index (χ1n) is 5.29. The summed E-state index contributed by atoms with van der Waals surface area (Å²) in [7, 11) is 0. The number of anilines is 2. The molecule has 94 valence electrons. The van der Waals surface area contributed by atoms with E-state index in [-0.39, 0.29) is 24.0 Å². The molecule has 4 N–H and O–H groups in total. The average molecular weight is 240 g/mol. The van der Waals surface area contributed by atoms with E-state index in [0.717, 1.165) is 0 Å². The lowest BCUT2D eigenvalue weighted by molar-refractivity contribution is -0.384. The van der Waals surface area contributed by atoms with Crippen molar-refractivity contribution in [1.29, 1.82) is 0 Å². The number of aliphatic hydroxyl groups is 1. The highest BCUT2D eigenvalue weighted by molar-refractivity contribution is 5.52. The Bertz CT molecular complexity index is 397. The molecule has 1 aromatic rings. The fourth-order valence-electron chi connectivity index (χ4n) is 1.33. The first-order chi connectivity index (χ1) is 8.02. The maximum absolute atomic E-state index is 10.6. The molecule has 0 bridgehead atoms. The topological polar surface area (TPSA) is 114 Å². The predicted octanol–water partition coefficient (Wildman–Crippen LogP) is 1.00. The Balaban J connectivity index is 2.68. The summed E-state index contributed by atoms with van der Waals surface area (Å²) in [6, 6.07) is 2.55. The molecule has 0 radical (unpaired) electrons. The maximum Gasteiger partial charge on any atom is 0.276 e. The van der Waals surface area contributed by atoms with Gasteiger partial charge in [-0.2, -0.15) is 0 Å². The van der Waals surface area contributed by atoms with Crippen molar-refractivity contribution >= 4 is 17.3 Å². The molecule has 1 aromatic heterocycles. The molecule has 0 saturated carbocycles. The Morgan fingerprint density at radius 3 is 2.94 bits per heavy atom. The lowest BCUT2D eigenvalue weighted by Crippen LogP contribution is -2.13. The van der Waals surface area contributed by atoms with Crippen LogP contribution >= 0.6 is 0 Å². The van der Waals surface area contributed by atoms with Gasteiger partial charge in [-0.3, -0.25) is 10.1 Å². The highest BCUT2D eigenvalue weighted by atomic mass is 16.6. The largest absolute Gasteiger partial charge is 0.396 e. The highest BCUT2D eigenvalue weighted by Gasteiger charge is 2.10. The van der Waals surface area contributed by atoms with E-state index in [2.05, 4.69) is 10.3 Å². The Labute approximate surface area is 98.8 Å². The summed E-state index contributed by atoms with van der Waals surface area (Å²) in [4.78, 5) is 14.0. The maximum atomic E-state index is 10.6. The van der Waals surface area contributed by atoms with Crippen LogP contribution in [0, 0.1) is 16.0 Å². The number of rotatable bonds is 6. The van der Waals surface area contributed by atoms with Gasteiger partial charge in [-0.1, -0.05) is 6.92 Å². The fraction of sp³-hybridized carbons (Fsp3) is 0.500. The van der Waals surface area contributed by atoms with E-state index in [1.54, 1.807) is 0 Å². The van der Waals surface area contributed by atoms with E-state index in [1.165, 1.54) is 12.1 Å². The number of nitrogens with one attached hydrogen (secondary N) is 1. The number of nitro groups is 1. The summed E-state index contributed by atoms with van der Waals surface area (Å²) in [5.41, 5.74) is 5.38. The summed E-state index contributed by atoms with van der Waals surface area (Å²) in [6.07, 6.45) is 0.664. The molecule has 0 aliphatic rings. The molecule has 0 aromatic carbocycles. The average Bonchev–Trinajstić information content (AvgIpc) is 2.26. The number of nitrogens with two attached hydrogens (primary N) is 1. The van der Waals surface area contributed by atoms with Crippen molar-refractivity contribution in [3.05, 3.63) is 22.2 Å². The minimum absolute atomic E-state index is 0.0881. The standard InChI is InChI=1S/C10H16N4O3/c1-7(2-3-15)6-12-10-5-8(14(16)17)4-9(11)13-10/h4-5,7,15H,2-3,6H2,1H3,(H3,11,12,13). The SMILES string of the molecule is CC(CCO)CNc1cc([N+](=O)[O-])cc(N)n1. The lowest BCUT2D eigenvalue weighted by Gasteiger charge is -2.11. The van der Waals surface area contributed by atoms with Gasteiger partial charge >= 0.3 is 0 Å². The van der Waals surface area contributed by atoms with E-state index in [9.17, 15) is 10.1 Å². The van der Waals surface area contributed by atoms with Gasteiger partial charge in [0.15, 0.2) is 0 Å². The third kappa shape index (κ3) is 4.23. The molecular weight excluding hydrogens is 224 g/mol. The van der Waals surface area contributed by atoms with Crippen molar-refractivity contribution in [2.75, 3.05) is 24.2 Å². The Morgan fingerprint density at radius 2 is 2.35 bits per heavy atom. The molecular formula is C10H16N4O3. The normalized spacial score (nSPS) is 12.1. The number of nitrogen functional groups attached to an aromatic ring is 1. The molecule has 0 aliphatic carbocycles. The third-order valence-electron chi connectivity index (χ3n) is 2.29. The zero-order chi connectivity index (χ0) is 12.8. The summed E-state index contributed by atoms with van der Waals surface area (Å²) in [5, 5.41) is 22.3. The monoisotopic (exact) mass is 240 g/mol. The molecule has 1 unspecified atom stereocenters. The van der Waals surface area contributed by atoms with Gasteiger partial charge in [-0.25, -0.2) is 4.98 Å². The highest BCUT2D eigenvalue weighted by Crippen LogP contribution is 2.19. The molecule has 7 heteroatoms. The molecule has 1 heterocycles. The summed E-state index contributed by atoms with van der Waals surface area (Å²) < 4.78 is 0. The fourth-order valence-corrected chi connectivity index (χ4v) is 1.33. The first kappa shape index (κ1) is 13.2. The summed E-state index contributed by atoms with van der Waals surface area (Å²) >= 11 is 0. The Kier molecular flexibility index (Phi) is 4.65. The molecule has 0 saturated heterocycles. The molecule has 7 nitrogen and oxygen atoms in total. The molecule has 0 fully saturated rings. The number of aromatic nitrogens is 1. The second-order valence-electron chi connectivity index (χ2n) is 3.89. The van der Waals surface area contributed by atoms with Gasteiger partial charge in [-0.05, 0) is 12.3 Å². The smallest absolute Gasteiger partial charge is 0.276 e. The van der Waals surface area contributed by atoms with Crippen molar-refractivity contribution in [2.45, 2.75) is 13.3 Å². The molecule has 17 heavy (non-hydrogen) atoms. The van der Waals surface area contributed by atoms with Gasteiger partial charge in [0.25, 0.3) is 5.69 Å². The Hall–Kier alpha value is -1.89. The Morgan fingerprint density at radius 1 is 1.65 bits per heavy atom. The van der Waals surface area contributed by atoms with Crippen LogP contribution in [0.2, 0.25) is 0 Å². The van der Waals surface area contributed by atoms with E-state index in [1.807, 2.05) is 6.92 Å². The van der Waals surface area contributed by atoms with Crippen LogP contribution in [-0.2, 0) is 0 Å². The number of pyridine rings is 1. The lowest BCUT2D eigenvalue weighted by atomic mass is 10.1. The second kappa shape index (κ2) is 6.00. The summed E-state index contributed by atoms with van der Waals surface area (Å²) in [6.45, 7) is 2.66. The van der Waals surface area contributed by atoms with Gasteiger partial charge in [0.2, 0.25) is 0 Å². The number of hydrogen-bond donors (Lipinski definition) is 3. The van der Waals surface area contributed by atoms with Gasteiger partial charge in [-0.15, -0.1) is 0 Å². The van der Waals surface area contributed by atoms with E-state index < -0.39 is 4.92 Å². The predicted molar refractivity (Wildman–Crippen MR) is 64.7 cm³/mol. The van der Waals surface area contributed by atoms with Crippen LogP contribution in [0.25, 0.3) is 0 Å². The molecule has 1 atom stereocenters. The van der Waals surface area contributed by atoms with Crippen LogP contribution < -0.4 is 11.1 Å². The van der Waals surface area contributed by atoms with Gasteiger partial charge in [0, 0.05) is 13.2 Å². The van der Waals surface area contributed by atoms with Crippen molar-refractivity contribution in [2.24, 2.45) is 5.92 Å². The quantitative estimate of drug-likeness (QED) is 0.505. The first-order valence-corrected chi connectivity index (χ1v) is 5.29. The second-order valence-corrected chi connectivity index (χ2v) is 3.89. The van der Waals surface area contributed by atoms with Crippen LogP contribution in [0.3, 0.4) is 0 Å². The minimum atomic E-state index is -0.514. The van der Waals surface area contributed by atoms with Crippen LogP contribution in [-0.4, -0.2) is 28.2 Å². The van der Waals surface area contributed by atoms with Gasteiger partial charge < -0.3 is 16.2 Å². The van der Waals surface area contributed by atoms with Crippen LogP contribution in [0.15, 0.2) is 12.1 Å². The number of nitrogens with zero attached hydrogens (tertiary/aromatic N) is 2. The van der Waals surface area contributed by atoms with Crippen LogP contribution in [0.4, 0.5) is 17.3 Å². The third-order valence-corrected chi connectivity index (χ3v) is 2.29. The zero-order valence-electron chi connectivity index (χ0n) is 9.59. The van der Waals surface area contributed by atoms with E-state index in [4.69, 9.17) is 10.8 Å². The number of hydrogen-bond acceptors (Lipinski definition) is 6. The van der Waals surface area contributed by atoms with Gasteiger partial charge in [0.05, 0.1) is 17.1 Å². The van der Waals surface area contributed by atoms with Crippen molar-refractivity contribution in [3.8, 4) is 0 Å².